The van der Waals surface area contributed by atoms with Crippen molar-refractivity contribution in [1.29, 1.82) is 0 Å². The zero-order valence-corrected chi connectivity index (χ0v) is 18.9. The Kier molecular flexibility index (Phi) is 6.37. The van der Waals surface area contributed by atoms with Crippen LogP contribution in [0, 0.1) is 5.92 Å². The lowest BCUT2D eigenvalue weighted by Gasteiger charge is -2.32. The van der Waals surface area contributed by atoms with Crippen LogP contribution in [0.5, 0.6) is 0 Å². The number of para-hydroxylation sites is 1. The first-order valence-electron chi connectivity index (χ1n) is 12.1. The summed E-state index contributed by atoms with van der Waals surface area (Å²) in [6, 6.07) is 8.37. The molecule has 5 rings (SSSR count). The predicted octanol–water partition coefficient (Wildman–Crippen LogP) is 3.65. The smallest absolute Gasteiger partial charge is 0.254 e. The van der Waals surface area contributed by atoms with Gasteiger partial charge in [0.15, 0.2) is 0 Å². The van der Waals surface area contributed by atoms with E-state index in [-0.39, 0.29) is 17.9 Å². The Balaban J connectivity index is 1.16. The summed E-state index contributed by atoms with van der Waals surface area (Å²) in [7, 11) is 0. The van der Waals surface area contributed by atoms with Gasteiger partial charge < -0.3 is 15.2 Å². The number of aromatic amines is 1. The van der Waals surface area contributed by atoms with E-state index < -0.39 is 0 Å². The van der Waals surface area contributed by atoms with Crippen molar-refractivity contribution >= 4 is 22.7 Å². The molecule has 0 atom stereocenters. The van der Waals surface area contributed by atoms with Gasteiger partial charge in [0.25, 0.3) is 5.91 Å². The van der Waals surface area contributed by atoms with Crippen molar-refractivity contribution in [2.45, 2.75) is 57.4 Å². The van der Waals surface area contributed by atoms with Crippen LogP contribution in [-0.2, 0) is 17.6 Å². The first kappa shape index (κ1) is 21.6. The monoisotopic (exact) mass is 445 g/mol. The summed E-state index contributed by atoms with van der Waals surface area (Å²) < 4.78 is 0. The Morgan fingerprint density at radius 3 is 2.70 bits per heavy atom. The van der Waals surface area contributed by atoms with Gasteiger partial charge in [0, 0.05) is 42.4 Å². The molecule has 33 heavy (non-hydrogen) atoms. The predicted molar refractivity (Wildman–Crippen MR) is 127 cm³/mol. The molecule has 3 heterocycles. The highest BCUT2D eigenvalue weighted by atomic mass is 16.2. The van der Waals surface area contributed by atoms with Gasteiger partial charge in [-0.1, -0.05) is 31.0 Å². The number of hydrogen-bond acceptors (Lipinski definition) is 4. The minimum atomic E-state index is -0.0520. The van der Waals surface area contributed by atoms with Crippen LogP contribution in [-0.4, -0.2) is 50.8 Å². The molecule has 0 unspecified atom stereocenters. The van der Waals surface area contributed by atoms with E-state index in [4.69, 9.17) is 0 Å². The van der Waals surface area contributed by atoms with Crippen LogP contribution in [0.15, 0.2) is 43.0 Å². The second-order valence-electron chi connectivity index (χ2n) is 9.40. The fourth-order valence-corrected chi connectivity index (χ4v) is 5.25. The van der Waals surface area contributed by atoms with Crippen LogP contribution in [0.25, 0.3) is 10.9 Å². The molecule has 0 bridgehead atoms. The van der Waals surface area contributed by atoms with Crippen LogP contribution in [0.2, 0.25) is 0 Å². The van der Waals surface area contributed by atoms with Crippen molar-refractivity contribution in [3.05, 3.63) is 59.8 Å². The van der Waals surface area contributed by atoms with Gasteiger partial charge in [0.1, 0.15) is 6.33 Å². The number of rotatable bonds is 6. The summed E-state index contributed by atoms with van der Waals surface area (Å²) in [4.78, 5) is 39.5. The number of carbonyl (C=O) groups excluding carboxylic acids is 2. The van der Waals surface area contributed by atoms with E-state index in [0.717, 1.165) is 67.4 Å². The average molecular weight is 446 g/mol. The molecule has 1 aliphatic heterocycles. The van der Waals surface area contributed by atoms with Crippen LogP contribution in [0.4, 0.5) is 0 Å². The number of H-pyrrole nitrogens is 1. The molecular formula is C26H31N5O2. The SMILES string of the molecule is O=C(NC1CCCC1)c1cncnc1CC1CCN(C(=O)Cc2c[nH]c3ccccc23)CC1. The standard InChI is InChI=1S/C26H31N5O2/c32-25(14-19-15-28-23-8-4-3-7-21(19)23)31-11-9-18(10-12-31)13-24-22(16-27-17-29-24)26(33)30-20-5-1-2-6-20/h3-4,7-8,15-18,20,28H,1-2,5-6,9-14H2,(H,30,33). The molecule has 0 spiro atoms. The summed E-state index contributed by atoms with van der Waals surface area (Å²) in [6.45, 7) is 1.50. The van der Waals surface area contributed by atoms with Gasteiger partial charge in [-0.15, -0.1) is 0 Å². The zero-order chi connectivity index (χ0) is 22.6. The van der Waals surface area contributed by atoms with E-state index in [2.05, 4.69) is 26.3 Å². The number of likely N-dealkylation sites (tertiary alicyclic amines) is 1. The molecule has 0 radical (unpaired) electrons. The molecule has 1 aliphatic carbocycles. The highest BCUT2D eigenvalue weighted by Gasteiger charge is 2.26. The highest BCUT2D eigenvalue weighted by molar-refractivity contribution is 5.95. The number of piperidine rings is 1. The molecular weight excluding hydrogens is 414 g/mol. The maximum atomic E-state index is 12.9. The van der Waals surface area contributed by atoms with Crippen molar-refractivity contribution in [1.82, 2.24) is 25.2 Å². The van der Waals surface area contributed by atoms with Crippen LogP contribution in [0.1, 0.15) is 60.1 Å². The van der Waals surface area contributed by atoms with Crippen LogP contribution < -0.4 is 5.32 Å². The van der Waals surface area contributed by atoms with Crippen LogP contribution >= 0.6 is 0 Å². The molecule has 172 valence electrons. The fourth-order valence-electron chi connectivity index (χ4n) is 5.25. The summed E-state index contributed by atoms with van der Waals surface area (Å²) in [5.74, 6) is 0.538. The molecule has 1 aromatic carbocycles. The average Bonchev–Trinajstić information content (AvgIpc) is 3.50. The van der Waals surface area contributed by atoms with E-state index in [9.17, 15) is 9.59 Å². The second kappa shape index (κ2) is 9.73. The van der Waals surface area contributed by atoms with E-state index in [1.54, 1.807) is 6.20 Å². The maximum absolute atomic E-state index is 12.9. The molecule has 3 aromatic rings. The molecule has 2 N–H and O–H groups in total. The summed E-state index contributed by atoms with van der Waals surface area (Å²) in [5, 5.41) is 4.27. The first-order chi connectivity index (χ1) is 16.2. The molecule has 7 nitrogen and oxygen atoms in total. The number of benzene rings is 1. The summed E-state index contributed by atoms with van der Waals surface area (Å²) in [5.41, 5.74) is 3.54. The summed E-state index contributed by atoms with van der Waals surface area (Å²) >= 11 is 0. The van der Waals surface area contributed by atoms with Gasteiger partial charge in [-0.3, -0.25) is 9.59 Å². The van der Waals surface area contributed by atoms with Gasteiger partial charge in [-0.2, -0.15) is 0 Å². The highest BCUT2D eigenvalue weighted by Crippen LogP contribution is 2.25. The van der Waals surface area contributed by atoms with Gasteiger partial charge in [0.05, 0.1) is 17.7 Å². The fraction of sp³-hybridized carbons (Fsp3) is 0.462. The number of amides is 2. The third-order valence-electron chi connectivity index (χ3n) is 7.20. The van der Waals surface area contributed by atoms with Crippen molar-refractivity contribution in [2.24, 2.45) is 5.92 Å². The van der Waals surface area contributed by atoms with Gasteiger partial charge in [-0.05, 0) is 49.7 Å². The number of aromatic nitrogens is 3. The van der Waals surface area contributed by atoms with Gasteiger partial charge in [-0.25, -0.2) is 9.97 Å². The number of fused-ring (bicyclic) bond motifs is 1. The van der Waals surface area contributed by atoms with Gasteiger partial charge in [0.2, 0.25) is 5.91 Å². The largest absolute Gasteiger partial charge is 0.361 e. The molecule has 2 aliphatic rings. The Morgan fingerprint density at radius 1 is 1.09 bits per heavy atom. The minimum absolute atomic E-state index is 0.0520. The normalized spacial score (nSPS) is 17.5. The Labute approximate surface area is 194 Å². The number of nitrogens with zero attached hydrogens (tertiary/aromatic N) is 3. The number of hydrogen-bond donors (Lipinski definition) is 2. The van der Waals surface area contributed by atoms with E-state index in [1.807, 2.05) is 29.3 Å². The molecule has 1 saturated heterocycles. The molecule has 2 fully saturated rings. The molecule has 2 amide bonds. The molecule has 2 aromatic heterocycles. The zero-order valence-electron chi connectivity index (χ0n) is 18.9. The molecule has 1 saturated carbocycles. The van der Waals surface area contributed by atoms with E-state index in [0.29, 0.717) is 17.9 Å². The van der Waals surface area contributed by atoms with Crippen molar-refractivity contribution < 1.29 is 9.59 Å². The topological polar surface area (TPSA) is 91.0 Å². The Bertz CT molecular complexity index is 1130. The quantitative estimate of drug-likeness (QED) is 0.606. The number of carbonyl (C=O) groups is 2. The third-order valence-corrected chi connectivity index (χ3v) is 7.20. The van der Waals surface area contributed by atoms with Gasteiger partial charge >= 0.3 is 0 Å². The lowest BCUT2D eigenvalue weighted by Crippen LogP contribution is -2.40. The van der Waals surface area contributed by atoms with Crippen molar-refractivity contribution in [3.63, 3.8) is 0 Å². The molecule has 7 heteroatoms. The lowest BCUT2D eigenvalue weighted by atomic mass is 9.90. The maximum Gasteiger partial charge on any atom is 0.254 e. The second-order valence-corrected chi connectivity index (χ2v) is 9.40. The Morgan fingerprint density at radius 2 is 1.88 bits per heavy atom. The summed E-state index contributed by atoms with van der Waals surface area (Å²) in [6.07, 6.45) is 12.6. The third kappa shape index (κ3) is 4.92. The minimum Gasteiger partial charge on any atom is -0.361 e. The van der Waals surface area contributed by atoms with Crippen LogP contribution in [0.3, 0.4) is 0 Å². The lowest BCUT2D eigenvalue weighted by molar-refractivity contribution is -0.131. The Hall–Kier alpha value is -3.22. The number of nitrogens with one attached hydrogen (secondary N) is 2. The van der Waals surface area contributed by atoms with Crippen molar-refractivity contribution in [2.75, 3.05) is 13.1 Å². The van der Waals surface area contributed by atoms with E-state index >= 15 is 0 Å². The first-order valence-corrected chi connectivity index (χ1v) is 12.1. The van der Waals surface area contributed by atoms with E-state index in [1.165, 1.54) is 19.2 Å². The van der Waals surface area contributed by atoms with Crippen molar-refractivity contribution in [3.8, 4) is 0 Å².